The molecule has 0 saturated heterocycles. The van der Waals surface area contributed by atoms with Gasteiger partial charge in [-0.2, -0.15) is 0 Å². The number of thiophene rings is 1. The van der Waals surface area contributed by atoms with Gasteiger partial charge in [-0.25, -0.2) is 4.79 Å². The number of hydrogen-bond acceptors (Lipinski definition) is 4. The van der Waals surface area contributed by atoms with Crippen LogP contribution in [0.5, 0.6) is 0 Å². The van der Waals surface area contributed by atoms with Gasteiger partial charge < -0.3 is 9.30 Å². The summed E-state index contributed by atoms with van der Waals surface area (Å²) >= 11 is 1.34. The first-order valence-electron chi connectivity index (χ1n) is 7.97. The Morgan fingerprint density at radius 1 is 1.08 bits per heavy atom. The minimum Gasteiger partial charge on any atom is -0.454 e. The normalized spacial score (nSPS) is 10.7. The molecular formula is C20H19NO3S. The Labute approximate surface area is 150 Å². The van der Waals surface area contributed by atoms with Crippen LogP contribution in [-0.4, -0.2) is 22.9 Å². The van der Waals surface area contributed by atoms with Crippen LogP contribution in [0.25, 0.3) is 5.69 Å². The summed E-state index contributed by atoms with van der Waals surface area (Å²) in [5.41, 5.74) is 4.40. The monoisotopic (exact) mass is 353 g/mol. The minimum atomic E-state index is -0.476. The number of Topliss-reactive ketones (excluding diaryl/α,β-unsaturated/α-hetero) is 1. The second-order valence-electron chi connectivity index (χ2n) is 5.93. The number of hydrogen-bond donors (Lipinski definition) is 0. The molecule has 2 heterocycles. The zero-order valence-corrected chi connectivity index (χ0v) is 15.2. The molecule has 0 unspecified atom stereocenters. The second kappa shape index (κ2) is 7.07. The van der Waals surface area contributed by atoms with E-state index in [2.05, 4.69) is 0 Å². The Hall–Kier alpha value is -2.66. The predicted octanol–water partition coefficient (Wildman–Crippen LogP) is 4.50. The lowest BCUT2D eigenvalue weighted by molar-refractivity contribution is 0.0475. The third-order valence-corrected chi connectivity index (χ3v) is 4.98. The van der Waals surface area contributed by atoms with Crippen molar-refractivity contribution in [2.24, 2.45) is 0 Å². The number of aromatic nitrogens is 1. The second-order valence-corrected chi connectivity index (χ2v) is 6.88. The maximum atomic E-state index is 12.4. The van der Waals surface area contributed by atoms with Gasteiger partial charge in [-0.1, -0.05) is 23.8 Å². The Balaban J connectivity index is 1.78. The van der Waals surface area contributed by atoms with Gasteiger partial charge >= 0.3 is 5.97 Å². The van der Waals surface area contributed by atoms with Crippen LogP contribution in [0.15, 0.2) is 47.8 Å². The number of rotatable bonds is 5. The fourth-order valence-corrected chi connectivity index (χ4v) is 3.43. The van der Waals surface area contributed by atoms with Crippen LogP contribution in [-0.2, 0) is 4.74 Å². The topological polar surface area (TPSA) is 48.3 Å². The van der Waals surface area contributed by atoms with Gasteiger partial charge in [0.05, 0.1) is 10.4 Å². The average molecular weight is 353 g/mol. The summed E-state index contributed by atoms with van der Waals surface area (Å²) in [4.78, 5) is 25.0. The molecule has 0 fully saturated rings. The Morgan fingerprint density at radius 2 is 1.80 bits per heavy atom. The highest BCUT2D eigenvalue weighted by Crippen LogP contribution is 2.22. The van der Waals surface area contributed by atoms with Gasteiger partial charge in [-0.15, -0.1) is 11.3 Å². The SMILES string of the molecule is Cc1ccc(-n2c(C)cc(C(=O)OCC(=O)c3cccs3)c2C)cc1. The fourth-order valence-electron chi connectivity index (χ4n) is 2.78. The Kier molecular flexibility index (Phi) is 4.86. The number of carbonyl (C=O) groups is 2. The molecule has 0 radical (unpaired) electrons. The minimum absolute atomic E-state index is 0.185. The van der Waals surface area contributed by atoms with E-state index in [0.29, 0.717) is 10.4 Å². The van der Waals surface area contributed by atoms with Crippen molar-refractivity contribution >= 4 is 23.1 Å². The Morgan fingerprint density at radius 3 is 2.44 bits per heavy atom. The predicted molar refractivity (Wildman–Crippen MR) is 98.9 cm³/mol. The van der Waals surface area contributed by atoms with Gasteiger partial charge in [0.1, 0.15) is 0 Å². The van der Waals surface area contributed by atoms with E-state index < -0.39 is 5.97 Å². The van der Waals surface area contributed by atoms with Crippen LogP contribution >= 0.6 is 11.3 Å². The van der Waals surface area contributed by atoms with Crippen LogP contribution in [0.4, 0.5) is 0 Å². The van der Waals surface area contributed by atoms with Crippen molar-refractivity contribution in [3.05, 3.63) is 75.2 Å². The van der Waals surface area contributed by atoms with Crippen LogP contribution in [0.3, 0.4) is 0 Å². The van der Waals surface area contributed by atoms with E-state index in [4.69, 9.17) is 4.74 Å². The first-order chi connectivity index (χ1) is 12.0. The molecule has 0 atom stereocenters. The van der Waals surface area contributed by atoms with Crippen molar-refractivity contribution in [3.8, 4) is 5.69 Å². The van der Waals surface area contributed by atoms with Gasteiger partial charge in [0.2, 0.25) is 5.78 Å². The highest BCUT2D eigenvalue weighted by Gasteiger charge is 2.19. The molecule has 0 spiro atoms. The summed E-state index contributed by atoms with van der Waals surface area (Å²) in [5.74, 6) is -0.660. The van der Waals surface area contributed by atoms with E-state index in [0.717, 1.165) is 17.1 Å². The third-order valence-electron chi connectivity index (χ3n) is 4.07. The maximum Gasteiger partial charge on any atom is 0.340 e. The lowest BCUT2D eigenvalue weighted by Crippen LogP contribution is -2.14. The molecule has 0 saturated carbocycles. The molecule has 5 heteroatoms. The quantitative estimate of drug-likeness (QED) is 0.501. The molecule has 1 aromatic carbocycles. The molecule has 3 aromatic rings. The first-order valence-corrected chi connectivity index (χ1v) is 8.85. The zero-order valence-electron chi connectivity index (χ0n) is 14.4. The summed E-state index contributed by atoms with van der Waals surface area (Å²) < 4.78 is 7.23. The smallest absolute Gasteiger partial charge is 0.340 e. The number of ether oxygens (including phenoxy) is 1. The van der Waals surface area contributed by atoms with Crippen molar-refractivity contribution in [2.75, 3.05) is 6.61 Å². The van der Waals surface area contributed by atoms with Gasteiger partial charge in [0, 0.05) is 17.1 Å². The number of benzene rings is 1. The van der Waals surface area contributed by atoms with Crippen molar-refractivity contribution in [1.82, 2.24) is 4.57 Å². The van der Waals surface area contributed by atoms with Gasteiger partial charge in [-0.3, -0.25) is 4.79 Å². The molecule has 0 aliphatic heterocycles. The number of nitrogens with zero attached hydrogens (tertiary/aromatic N) is 1. The van der Waals surface area contributed by atoms with Crippen molar-refractivity contribution in [3.63, 3.8) is 0 Å². The summed E-state index contributed by atoms with van der Waals surface area (Å²) in [7, 11) is 0. The van der Waals surface area contributed by atoms with E-state index in [1.54, 1.807) is 18.2 Å². The van der Waals surface area contributed by atoms with E-state index in [1.807, 2.05) is 55.0 Å². The van der Waals surface area contributed by atoms with Crippen molar-refractivity contribution < 1.29 is 14.3 Å². The van der Waals surface area contributed by atoms with Gasteiger partial charge in [0.15, 0.2) is 6.61 Å². The molecule has 0 amide bonds. The number of aryl methyl sites for hydroxylation is 2. The summed E-state index contributed by atoms with van der Waals surface area (Å²) in [6.45, 7) is 5.62. The maximum absolute atomic E-state index is 12.4. The van der Waals surface area contributed by atoms with E-state index in [1.165, 1.54) is 16.9 Å². The van der Waals surface area contributed by atoms with Crippen LogP contribution in [0, 0.1) is 20.8 Å². The largest absolute Gasteiger partial charge is 0.454 e. The van der Waals surface area contributed by atoms with E-state index in [9.17, 15) is 9.59 Å². The molecular weight excluding hydrogens is 334 g/mol. The lowest BCUT2D eigenvalue weighted by atomic mass is 10.2. The zero-order chi connectivity index (χ0) is 18.0. The molecule has 0 N–H and O–H groups in total. The fraction of sp³-hybridized carbons (Fsp3) is 0.200. The van der Waals surface area contributed by atoms with Gasteiger partial charge in [0.25, 0.3) is 0 Å². The van der Waals surface area contributed by atoms with Crippen LogP contribution in [0.1, 0.15) is 37.0 Å². The molecule has 0 aliphatic rings. The van der Waals surface area contributed by atoms with Crippen LogP contribution < -0.4 is 0 Å². The van der Waals surface area contributed by atoms with E-state index in [-0.39, 0.29) is 12.4 Å². The molecule has 2 aromatic heterocycles. The first kappa shape index (κ1) is 17.2. The van der Waals surface area contributed by atoms with Crippen molar-refractivity contribution in [1.29, 1.82) is 0 Å². The number of ketones is 1. The van der Waals surface area contributed by atoms with Crippen LogP contribution in [0.2, 0.25) is 0 Å². The average Bonchev–Trinajstić information content (AvgIpc) is 3.22. The Bertz CT molecular complexity index is 905. The molecule has 0 aliphatic carbocycles. The lowest BCUT2D eigenvalue weighted by Gasteiger charge is -2.10. The number of esters is 1. The highest BCUT2D eigenvalue weighted by atomic mass is 32.1. The standard InChI is InChI=1S/C20H19NO3S/c1-13-6-8-16(9-7-13)21-14(2)11-17(15(21)3)20(23)24-12-18(22)19-5-4-10-25-19/h4-11H,12H2,1-3H3. The van der Waals surface area contributed by atoms with Crippen molar-refractivity contribution in [2.45, 2.75) is 20.8 Å². The van der Waals surface area contributed by atoms with E-state index >= 15 is 0 Å². The molecule has 25 heavy (non-hydrogen) atoms. The third kappa shape index (κ3) is 3.56. The van der Waals surface area contributed by atoms with Gasteiger partial charge in [-0.05, 0) is 50.4 Å². The molecule has 128 valence electrons. The highest BCUT2D eigenvalue weighted by molar-refractivity contribution is 7.12. The molecule has 4 nitrogen and oxygen atoms in total. The molecule has 3 rings (SSSR count). The molecule has 0 bridgehead atoms. The summed E-state index contributed by atoms with van der Waals surface area (Å²) in [6.07, 6.45) is 0. The summed E-state index contributed by atoms with van der Waals surface area (Å²) in [5, 5.41) is 1.82. The number of carbonyl (C=O) groups excluding carboxylic acids is 2. The summed E-state index contributed by atoms with van der Waals surface area (Å²) in [6, 6.07) is 13.4.